The smallest absolute Gasteiger partial charge is 0.223 e. The molecule has 0 bridgehead atoms. The molecular formula is C13H12BrNO2. The Morgan fingerprint density at radius 2 is 1.94 bits per heavy atom. The normalized spacial score (nSPS) is 10.2. The molecule has 0 amide bonds. The Balaban J connectivity index is 2.12. The minimum absolute atomic E-state index is 0.0987. The highest BCUT2D eigenvalue weighted by molar-refractivity contribution is 9.10. The maximum Gasteiger partial charge on any atom is 0.223 e. The van der Waals surface area contributed by atoms with Gasteiger partial charge in [-0.25, -0.2) is 0 Å². The quantitative estimate of drug-likeness (QED) is 0.945. The summed E-state index contributed by atoms with van der Waals surface area (Å²) in [6.07, 6.45) is 1.62. The number of hydrogen-bond acceptors (Lipinski definition) is 2. The van der Waals surface area contributed by atoms with E-state index in [-0.39, 0.29) is 5.43 Å². The van der Waals surface area contributed by atoms with Crippen molar-refractivity contribution >= 4 is 15.9 Å². The molecule has 1 aromatic carbocycles. The monoisotopic (exact) mass is 293 g/mol. The van der Waals surface area contributed by atoms with Crippen molar-refractivity contribution in [3.05, 3.63) is 62.5 Å². The first kappa shape index (κ1) is 11.9. The molecule has 0 saturated heterocycles. The number of aromatic amines is 1. The van der Waals surface area contributed by atoms with Gasteiger partial charge in [0.05, 0.1) is 5.69 Å². The number of hydrogen-bond donors (Lipinski definition) is 1. The maximum absolute atomic E-state index is 11.6. The molecule has 0 aliphatic carbocycles. The number of halogens is 1. The molecule has 1 heterocycles. The predicted molar refractivity (Wildman–Crippen MR) is 70.3 cm³/mol. The Kier molecular flexibility index (Phi) is 3.64. The standard InChI is InChI=1S/C13H12BrNO2/c1-9-13(12(16)6-7-15-9)17-8-10-2-4-11(14)5-3-10/h2-7H,8H2,1H3,(H,15,16). The molecular weight excluding hydrogens is 282 g/mol. The van der Waals surface area contributed by atoms with Crippen LogP contribution in [0.25, 0.3) is 0 Å². The Hall–Kier alpha value is -1.55. The number of H-pyrrole nitrogens is 1. The molecule has 0 unspecified atom stereocenters. The molecule has 0 atom stereocenters. The molecule has 4 heteroatoms. The van der Waals surface area contributed by atoms with Gasteiger partial charge in [-0.1, -0.05) is 28.1 Å². The average Bonchev–Trinajstić information content (AvgIpc) is 2.31. The molecule has 2 aromatic rings. The third-order valence-electron chi connectivity index (χ3n) is 2.40. The van der Waals surface area contributed by atoms with Crippen LogP contribution in [0, 0.1) is 6.92 Å². The average molecular weight is 294 g/mol. The number of rotatable bonds is 3. The van der Waals surface area contributed by atoms with Crippen molar-refractivity contribution in [1.29, 1.82) is 0 Å². The lowest BCUT2D eigenvalue weighted by Crippen LogP contribution is -2.09. The van der Waals surface area contributed by atoms with Gasteiger partial charge in [-0.2, -0.15) is 0 Å². The molecule has 0 fully saturated rings. The van der Waals surface area contributed by atoms with Crippen LogP contribution in [0.15, 0.2) is 45.8 Å². The Bertz CT molecular complexity index is 560. The first-order valence-electron chi connectivity index (χ1n) is 5.22. The second kappa shape index (κ2) is 5.19. The third kappa shape index (κ3) is 2.97. The van der Waals surface area contributed by atoms with Crippen molar-refractivity contribution in [2.45, 2.75) is 13.5 Å². The molecule has 1 aromatic heterocycles. The summed E-state index contributed by atoms with van der Waals surface area (Å²) in [5.74, 6) is 0.385. The summed E-state index contributed by atoms with van der Waals surface area (Å²) >= 11 is 3.37. The van der Waals surface area contributed by atoms with Crippen molar-refractivity contribution < 1.29 is 4.74 Å². The number of aromatic nitrogens is 1. The van der Waals surface area contributed by atoms with E-state index >= 15 is 0 Å². The van der Waals surface area contributed by atoms with E-state index in [0.717, 1.165) is 15.7 Å². The number of aryl methyl sites for hydroxylation is 1. The van der Waals surface area contributed by atoms with Crippen LogP contribution in [0.1, 0.15) is 11.3 Å². The topological polar surface area (TPSA) is 42.1 Å². The van der Waals surface area contributed by atoms with Gasteiger partial charge >= 0.3 is 0 Å². The highest BCUT2D eigenvalue weighted by atomic mass is 79.9. The summed E-state index contributed by atoms with van der Waals surface area (Å²) in [6.45, 7) is 2.21. The van der Waals surface area contributed by atoms with Crippen molar-refractivity contribution in [1.82, 2.24) is 4.98 Å². The van der Waals surface area contributed by atoms with Crippen LogP contribution in [0.5, 0.6) is 5.75 Å². The molecule has 88 valence electrons. The highest BCUT2D eigenvalue weighted by Gasteiger charge is 2.04. The van der Waals surface area contributed by atoms with Gasteiger partial charge in [-0.3, -0.25) is 4.79 Å². The van der Waals surface area contributed by atoms with Crippen LogP contribution in [-0.4, -0.2) is 4.98 Å². The summed E-state index contributed by atoms with van der Waals surface area (Å²) in [4.78, 5) is 14.5. The van der Waals surface area contributed by atoms with E-state index < -0.39 is 0 Å². The van der Waals surface area contributed by atoms with Gasteiger partial charge < -0.3 is 9.72 Å². The fourth-order valence-corrected chi connectivity index (χ4v) is 1.75. The molecule has 0 aliphatic heterocycles. The molecule has 3 nitrogen and oxygen atoms in total. The number of ether oxygens (including phenoxy) is 1. The zero-order valence-electron chi connectivity index (χ0n) is 9.37. The maximum atomic E-state index is 11.6. The Morgan fingerprint density at radius 3 is 2.59 bits per heavy atom. The van der Waals surface area contributed by atoms with Gasteiger partial charge in [0, 0.05) is 16.7 Å². The van der Waals surface area contributed by atoms with Gasteiger partial charge in [0.25, 0.3) is 0 Å². The summed E-state index contributed by atoms with van der Waals surface area (Å²) in [7, 11) is 0. The SMILES string of the molecule is Cc1[nH]ccc(=O)c1OCc1ccc(Br)cc1. The Labute approximate surface area is 108 Å². The van der Waals surface area contributed by atoms with Crippen LogP contribution in [0.2, 0.25) is 0 Å². The van der Waals surface area contributed by atoms with Crippen molar-refractivity contribution in [3.8, 4) is 5.75 Å². The van der Waals surface area contributed by atoms with Crippen LogP contribution in [0.3, 0.4) is 0 Å². The molecule has 0 aliphatic rings. The first-order valence-corrected chi connectivity index (χ1v) is 6.01. The van der Waals surface area contributed by atoms with Crippen LogP contribution in [-0.2, 0) is 6.61 Å². The lowest BCUT2D eigenvalue weighted by molar-refractivity contribution is 0.299. The summed E-state index contributed by atoms with van der Waals surface area (Å²) in [6, 6.07) is 9.26. The fourth-order valence-electron chi connectivity index (χ4n) is 1.48. The highest BCUT2D eigenvalue weighted by Crippen LogP contribution is 2.13. The summed E-state index contributed by atoms with van der Waals surface area (Å²) < 4.78 is 6.56. The van der Waals surface area contributed by atoms with E-state index in [2.05, 4.69) is 20.9 Å². The van der Waals surface area contributed by atoms with Gasteiger partial charge in [-0.15, -0.1) is 0 Å². The molecule has 0 radical (unpaired) electrons. The summed E-state index contributed by atoms with van der Waals surface area (Å²) in [5, 5.41) is 0. The molecule has 2 rings (SSSR count). The van der Waals surface area contributed by atoms with Crippen molar-refractivity contribution in [2.24, 2.45) is 0 Å². The second-order valence-corrected chi connectivity index (χ2v) is 4.63. The van der Waals surface area contributed by atoms with Crippen LogP contribution < -0.4 is 10.2 Å². The number of pyridine rings is 1. The molecule has 0 saturated carbocycles. The van der Waals surface area contributed by atoms with Gasteiger partial charge in [0.1, 0.15) is 6.61 Å². The van der Waals surface area contributed by atoms with E-state index in [0.29, 0.717) is 12.4 Å². The van der Waals surface area contributed by atoms with E-state index in [9.17, 15) is 4.79 Å². The van der Waals surface area contributed by atoms with E-state index in [1.165, 1.54) is 6.07 Å². The zero-order valence-corrected chi connectivity index (χ0v) is 11.0. The summed E-state index contributed by atoms with van der Waals surface area (Å²) in [5.41, 5.74) is 1.67. The largest absolute Gasteiger partial charge is 0.483 e. The Morgan fingerprint density at radius 1 is 1.24 bits per heavy atom. The van der Waals surface area contributed by atoms with Crippen LogP contribution in [0.4, 0.5) is 0 Å². The van der Waals surface area contributed by atoms with E-state index in [1.807, 2.05) is 31.2 Å². The first-order chi connectivity index (χ1) is 8.16. The third-order valence-corrected chi connectivity index (χ3v) is 2.92. The van der Waals surface area contributed by atoms with Crippen molar-refractivity contribution in [2.75, 3.05) is 0 Å². The minimum atomic E-state index is -0.0987. The number of nitrogens with one attached hydrogen (secondary N) is 1. The second-order valence-electron chi connectivity index (χ2n) is 3.71. The minimum Gasteiger partial charge on any atom is -0.483 e. The van der Waals surface area contributed by atoms with E-state index in [1.54, 1.807) is 6.20 Å². The molecule has 1 N–H and O–H groups in total. The van der Waals surface area contributed by atoms with Crippen LogP contribution >= 0.6 is 15.9 Å². The van der Waals surface area contributed by atoms with Gasteiger partial charge in [0.15, 0.2) is 5.75 Å². The van der Waals surface area contributed by atoms with Gasteiger partial charge in [-0.05, 0) is 24.6 Å². The lowest BCUT2D eigenvalue weighted by Gasteiger charge is -2.07. The predicted octanol–water partition coefficient (Wildman–Crippen LogP) is 3.02. The fraction of sp³-hybridized carbons (Fsp3) is 0.154. The number of benzene rings is 1. The van der Waals surface area contributed by atoms with Gasteiger partial charge in [0.2, 0.25) is 5.43 Å². The zero-order chi connectivity index (χ0) is 12.3. The van der Waals surface area contributed by atoms with E-state index in [4.69, 9.17) is 4.74 Å². The molecule has 17 heavy (non-hydrogen) atoms. The van der Waals surface area contributed by atoms with Crippen molar-refractivity contribution in [3.63, 3.8) is 0 Å². The lowest BCUT2D eigenvalue weighted by atomic mass is 10.2. The molecule has 0 spiro atoms.